The predicted molar refractivity (Wildman–Crippen MR) is 92.3 cm³/mol. The molecule has 1 aromatic carbocycles. The van der Waals surface area contributed by atoms with Gasteiger partial charge in [-0.2, -0.15) is 5.10 Å². The molecule has 0 radical (unpaired) electrons. The number of carbonyl (C=O) groups is 2. The van der Waals surface area contributed by atoms with Crippen molar-refractivity contribution in [3.63, 3.8) is 0 Å². The van der Waals surface area contributed by atoms with E-state index in [2.05, 4.69) is 5.10 Å². The number of imide groups is 1. The first-order valence-electron chi connectivity index (χ1n) is 8.70. The smallest absolute Gasteiger partial charge is 0.237 e. The number of carbonyl (C=O) groups excluding carboxylic acids is 2. The van der Waals surface area contributed by atoms with Gasteiger partial charge in [0.1, 0.15) is 5.75 Å². The van der Waals surface area contributed by atoms with Gasteiger partial charge >= 0.3 is 0 Å². The van der Waals surface area contributed by atoms with Crippen LogP contribution >= 0.6 is 0 Å². The Morgan fingerprint density at radius 1 is 1.16 bits per heavy atom. The lowest BCUT2D eigenvalue weighted by molar-refractivity contribution is -0.122. The Balaban J connectivity index is 1.54. The Hall–Kier alpha value is -2.63. The van der Waals surface area contributed by atoms with Gasteiger partial charge in [0.05, 0.1) is 37.4 Å². The summed E-state index contributed by atoms with van der Waals surface area (Å²) in [6.45, 7) is 0.556. The van der Waals surface area contributed by atoms with Gasteiger partial charge in [-0.25, -0.2) is 4.90 Å². The van der Waals surface area contributed by atoms with Crippen LogP contribution in [0.25, 0.3) is 0 Å². The molecule has 2 aromatic rings. The second-order valence-electron chi connectivity index (χ2n) is 6.76. The molecule has 1 aliphatic carbocycles. The molecule has 25 heavy (non-hydrogen) atoms. The third kappa shape index (κ3) is 2.81. The fraction of sp³-hybridized carbons (Fsp3) is 0.421. The van der Waals surface area contributed by atoms with Crippen molar-refractivity contribution in [2.24, 2.45) is 11.8 Å². The van der Waals surface area contributed by atoms with Gasteiger partial charge in [-0.15, -0.1) is 0 Å². The summed E-state index contributed by atoms with van der Waals surface area (Å²) in [6.07, 6.45) is 7.08. The number of aromatic nitrogens is 2. The number of nitrogens with zero attached hydrogens (tertiary/aromatic N) is 3. The number of rotatable bonds is 4. The molecule has 6 heteroatoms. The van der Waals surface area contributed by atoms with Gasteiger partial charge in [0.15, 0.2) is 0 Å². The van der Waals surface area contributed by atoms with Crippen LogP contribution in [0.3, 0.4) is 0 Å². The second-order valence-corrected chi connectivity index (χ2v) is 6.76. The van der Waals surface area contributed by atoms with Gasteiger partial charge in [0, 0.05) is 6.20 Å². The monoisotopic (exact) mass is 339 g/mol. The number of hydrogen-bond acceptors (Lipinski definition) is 4. The quantitative estimate of drug-likeness (QED) is 0.803. The Bertz CT molecular complexity index is 790. The van der Waals surface area contributed by atoms with Crippen molar-refractivity contribution in [3.8, 4) is 5.75 Å². The standard InChI is InChI=1S/C19H21N3O3/c1-25-15-6-4-5-13(9-15)11-21-12-14(10-20-21)22-18(23)16-7-2-3-8-17(16)19(22)24/h4-6,9-10,12,16-17H,2-3,7-8,11H2,1H3/t16-,17+. The molecule has 2 atom stereocenters. The molecule has 2 amide bonds. The van der Waals surface area contributed by atoms with Crippen LogP contribution in [0.2, 0.25) is 0 Å². The van der Waals surface area contributed by atoms with Crippen molar-refractivity contribution in [2.45, 2.75) is 32.2 Å². The highest BCUT2D eigenvalue weighted by molar-refractivity contribution is 6.21. The maximum Gasteiger partial charge on any atom is 0.237 e. The summed E-state index contributed by atoms with van der Waals surface area (Å²) in [6, 6.07) is 7.75. The van der Waals surface area contributed by atoms with E-state index >= 15 is 0 Å². The zero-order valence-corrected chi connectivity index (χ0v) is 14.2. The molecule has 0 N–H and O–H groups in total. The molecule has 2 aliphatic rings. The van der Waals surface area contributed by atoms with Crippen molar-refractivity contribution in [1.29, 1.82) is 0 Å². The fourth-order valence-corrected chi connectivity index (χ4v) is 3.93. The topological polar surface area (TPSA) is 64.4 Å². The average molecular weight is 339 g/mol. The first-order valence-corrected chi connectivity index (χ1v) is 8.70. The van der Waals surface area contributed by atoms with Gasteiger partial charge in [0.25, 0.3) is 0 Å². The SMILES string of the molecule is COc1cccc(Cn2cc(N3C(=O)[C@H]4CCCC[C@H]4C3=O)cn2)c1. The molecule has 6 nitrogen and oxygen atoms in total. The summed E-state index contributed by atoms with van der Waals surface area (Å²) in [5.74, 6) is 0.399. The van der Waals surface area contributed by atoms with E-state index in [0.717, 1.165) is 37.0 Å². The van der Waals surface area contributed by atoms with Gasteiger partial charge in [0.2, 0.25) is 11.8 Å². The summed E-state index contributed by atoms with van der Waals surface area (Å²) in [5.41, 5.74) is 1.62. The molecule has 130 valence electrons. The molecule has 0 unspecified atom stereocenters. The summed E-state index contributed by atoms with van der Waals surface area (Å²) >= 11 is 0. The lowest BCUT2D eigenvalue weighted by atomic mass is 9.81. The molecule has 1 aromatic heterocycles. The van der Waals surface area contributed by atoms with Gasteiger partial charge < -0.3 is 4.74 Å². The highest BCUT2D eigenvalue weighted by Gasteiger charge is 2.49. The van der Waals surface area contributed by atoms with Crippen LogP contribution in [0.15, 0.2) is 36.7 Å². The largest absolute Gasteiger partial charge is 0.497 e. The van der Waals surface area contributed by atoms with Crippen LogP contribution in [0, 0.1) is 11.8 Å². The van der Waals surface area contributed by atoms with Crippen LogP contribution < -0.4 is 9.64 Å². The van der Waals surface area contributed by atoms with Gasteiger partial charge in [-0.05, 0) is 30.5 Å². The number of benzene rings is 1. The molecule has 4 rings (SSSR count). The maximum absolute atomic E-state index is 12.7. The van der Waals surface area contributed by atoms with Crippen molar-refractivity contribution < 1.29 is 14.3 Å². The summed E-state index contributed by atoms with van der Waals surface area (Å²) < 4.78 is 6.98. The van der Waals surface area contributed by atoms with Crippen LogP contribution in [0.4, 0.5) is 5.69 Å². The lowest BCUT2D eigenvalue weighted by Gasteiger charge is -2.19. The van der Waals surface area contributed by atoms with Crippen molar-refractivity contribution in [3.05, 3.63) is 42.2 Å². The highest BCUT2D eigenvalue weighted by atomic mass is 16.5. The average Bonchev–Trinajstić information content (AvgIpc) is 3.18. The number of methoxy groups -OCH3 is 1. The number of anilines is 1. The first-order chi connectivity index (χ1) is 12.2. The van der Waals surface area contributed by atoms with E-state index in [-0.39, 0.29) is 23.7 Å². The molecule has 2 fully saturated rings. The minimum Gasteiger partial charge on any atom is -0.497 e. The Morgan fingerprint density at radius 3 is 2.56 bits per heavy atom. The third-order valence-corrected chi connectivity index (χ3v) is 5.20. The minimum absolute atomic E-state index is 0.0596. The van der Waals surface area contributed by atoms with E-state index in [4.69, 9.17) is 4.74 Å². The van der Waals surface area contributed by atoms with Crippen molar-refractivity contribution in [2.75, 3.05) is 12.0 Å². The third-order valence-electron chi connectivity index (χ3n) is 5.20. The van der Waals surface area contributed by atoms with Crippen LogP contribution in [-0.2, 0) is 16.1 Å². The van der Waals surface area contributed by atoms with E-state index in [1.165, 1.54) is 4.90 Å². The number of amides is 2. The van der Waals surface area contributed by atoms with E-state index in [1.807, 2.05) is 24.3 Å². The molecule has 0 spiro atoms. The molecule has 0 bridgehead atoms. The summed E-state index contributed by atoms with van der Waals surface area (Å²) in [7, 11) is 1.63. The molecule has 2 heterocycles. The summed E-state index contributed by atoms with van der Waals surface area (Å²) in [5, 5.41) is 4.33. The first kappa shape index (κ1) is 15.9. The lowest BCUT2D eigenvalue weighted by Crippen LogP contribution is -2.30. The number of fused-ring (bicyclic) bond motifs is 1. The zero-order chi connectivity index (χ0) is 17.4. The molecule has 1 aliphatic heterocycles. The predicted octanol–water partition coefficient (Wildman–Crippen LogP) is 2.62. The van der Waals surface area contributed by atoms with Crippen molar-refractivity contribution >= 4 is 17.5 Å². The van der Waals surface area contributed by atoms with Crippen LogP contribution in [0.5, 0.6) is 5.75 Å². The summed E-state index contributed by atoms with van der Waals surface area (Å²) in [4.78, 5) is 26.6. The Labute approximate surface area is 146 Å². The molecule has 1 saturated carbocycles. The normalized spacial score (nSPS) is 23.0. The Morgan fingerprint density at radius 2 is 1.88 bits per heavy atom. The van der Waals surface area contributed by atoms with E-state index < -0.39 is 0 Å². The van der Waals surface area contributed by atoms with E-state index in [0.29, 0.717) is 12.2 Å². The minimum atomic E-state index is -0.136. The van der Waals surface area contributed by atoms with E-state index in [1.54, 1.807) is 24.2 Å². The van der Waals surface area contributed by atoms with Crippen molar-refractivity contribution in [1.82, 2.24) is 9.78 Å². The van der Waals surface area contributed by atoms with Gasteiger partial charge in [-0.1, -0.05) is 25.0 Å². The fourth-order valence-electron chi connectivity index (χ4n) is 3.93. The number of hydrogen-bond donors (Lipinski definition) is 0. The Kier molecular flexibility index (Phi) is 4.03. The second kappa shape index (κ2) is 6.35. The van der Waals surface area contributed by atoms with E-state index in [9.17, 15) is 9.59 Å². The zero-order valence-electron chi connectivity index (χ0n) is 14.2. The van der Waals surface area contributed by atoms with Crippen LogP contribution in [-0.4, -0.2) is 28.7 Å². The molecular weight excluding hydrogens is 318 g/mol. The number of ether oxygens (including phenoxy) is 1. The highest BCUT2D eigenvalue weighted by Crippen LogP contribution is 2.39. The molecule has 1 saturated heterocycles. The van der Waals surface area contributed by atoms with Crippen LogP contribution in [0.1, 0.15) is 31.2 Å². The maximum atomic E-state index is 12.7. The van der Waals surface area contributed by atoms with Gasteiger partial charge in [-0.3, -0.25) is 14.3 Å². The molecular formula is C19H21N3O3.